The van der Waals surface area contributed by atoms with E-state index in [-0.39, 0.29) is 0 Å². The molecule has 0 aromatic heterocycles. The van der Waals surface area contributed by atoms with Crippen LogP contribution in [0.1, 0.15) is 38.7 Å². The first kappa shape index (κ1) is 12.4. The average Bonchev–Trinajstić information content (AvgIpc) is 2.23. The highest BCUT2D eigenvalue weighted by Gasteiger charge is 2.22. The molecule has 0 aliphatic heterocycles. The number of benzene rings is 1. The van der Waals surface area contributed by atoms with Crippen LogP contribution in [-0.4, -0.2) is 17.5 Å². The van der Waals surface area contributed by atoms with E-state index in [0.717, 1.165) is 18.2 Å². The number of nitrogen functional groups attached to an aromatic ring is 1. The molecule has 0 unspecified atom stereocenters. The van der Waals surface area contributed by atoms with Crippen LogP contribution in [0.15, 0.2) is 24.3 Å². The summed E-state index contributed by atoms with van der Waals surface area (Å²) in [6, 6.07) is 8.82. The van der Waals surface area contributed by atoms with Crippen molar-refractivity contribution in [3.63, 3.8) is 0 Å². The number of hydrogen-bond donors (Lipinski definition) is 1. The highest BCUT2D eigenvalue weighted by molar-refractivity contribution is 5.46. The zero-order chi connectivity index (χ0) is 12.3. The predicted octanol–water partition coefficient (Wildman–Crippen LogP) is 3.28. The van der Waals surface area contributed by atoms with E-state index in [1.807, 2.05) is 12.1 Å². The first-order valence-electron chi connectivity index (χ1n) is 6.74. The number of hydrogen-bond acceptors (Lipinski definition) is 2. The van der Waals surface area contributed by atoms with E-state index >= 15 is 0 Å². The molecule has 1 fully saturated rings. The summed E-state index contributed by atoms with van der Waals surface area (Å²) in [6.07, 6.45) is 4.24. The van der Waals surface area contributed by atoms with Gasteiger partial charge in [-0.3, -0.25) is 4.90 Å². The van der Waals surface area contributed by atoms with Gasteiger partial charge < -0.3 is 5.73 Å². The zero-order valence-corrected chi connectivity index (χ0v) is 11.0. The van der Waals surface area contributed by atoms with Gasteiger partial charge in [-0.15, -0.1) is 0 Å². The van der Waals surface area contributed by atoms with E-state index in [1.54, 1.807) is 0 Å². The standard InChI is InChI=1S/C15H24N2/c1-12(2)17(10-13-6-5-7-13)11-14-8-3-4-9-15(14)16/h3-4,8-9,12-13H,5-7,10-11,16H2,1-2H3. The van der Waals surface area contributed by atoms with Crippen molar-refractivity contribution < 1.29 is 0 Å². The molecule has 94 valence electrons. The topological polar surface area (TPSA) is 29.3 Å². The molecule has 2 heteroatoms. The molecule has 2 rings (SSSR count). The molecule has 0 bridgehead atoms. The van der Waals surface area contributed by atoms with Gasteiger partial charge in [-0.2, -0.15) is 0 Å². The van der Waals surface area contributed by atoms with Crippen LogP contribution in [-0.2, 0) is 6.54 Å². The Morgan fingerprint density at radius 1 is 1.29 bits per heavy atom. The molecule has 1 aliphatic rings. The molecule has 1 aromatic rings. The lowest BCUT2D eigenvalue weighted by Crippen LogP contribution is -2.37. The summed E-state index contributed by atoms with van der Waals surface area (Å²) in [5, 5.41) is 0. The first-order chi connectivity index (χ1) is 8.16. The minimum absolute atomic E-state index is 0.593. The lowest BCUT2D eigenvalue weighted by atomic mass is 9.85. The molecule has 2 nitrogen and oxygen atoms in total. The lowest BCUT2D eigenvalue weighted by molar-refractivity contribution is 0.140. The maximum atomic E-state index is 6.02. The van der Waals surface area contributed by atoms with Crippen LogP contribution in [0, 0.1) is 5.92 Å². The number of para-hydroxylation sites is 1. The van der Waals surface area contributed by atoms with Gasteiger partial charge in [0.15, 0.2) is 0 Å². The second kappa shape index (κ2) is 5.54. The predicted molar refractivity (Wildman–Crippen MR) is 73.7 cm³/mol. The molecule has 1 saturated carbocycles. The molecule has 0 radical (unpaired) electrons. The maximum Gasteiger partial charge on any atom is 0.0359 e. The van der Waals surface area contributed by atoms with Gasteiger partial charge in [-0.1, -0.05) is 24.6 Å². The van der Waals surface area contributed by atoms with Gasteiger partial charge >= 0.3 is 0 Å². The van der Waals surface area contributed by atoms with Crippen molar-refractivity contribution >= 4 is 5.69 Å². The molecule has 2 N–H and O–H groups in total. The summed E-state index contributed by atoms with van der Waals surface area (Å²) < 4.78 is 0. The molecule has 0 heterocycles. The highest BCUT2D eigenvalue weighted by atomic mass is 15.1. The Morgan fingerprint density at radius 2 is 2.00 bits per heavy atom. The minimum atomic E-state index is 0.593. The van der Waals surface area contributed by atoms with Crippen molar-refractivity contribution in [2.45, 2.75) is 45.7 Å². The van der Waals surface area contributed by atoms with Gasteiger partial charge in [0.1, 0.15) is 0 Å². The fraction of sp³-hybridized carbons (Fsp3) is 0.600. The van der Waals surface area contributed by atoms with Gasteiger partial charge in [0.25, 0.3) is 0 Å². The summed E-state index contributed by atoms with van der Waals surface area (Å²) in [5.41, 5.74) is 8.21. The second-order valence-corrected chi connectivity index (χ2v) is 5.52. The van der Waals surface area contributed by atoms with E-state index in [9.17, 15) is 0 Å². The summed E-state index contributed by atoms with van der Waals surface area (Å²) >= 11 is 0. The van der Waals surface area contributed by atoms with Crippen molar-refractivity contribution in [1.82, 2.24) is 4.90 Å². The monoisotopic (exact) mass is 232 g/mol. The summed E-state index contributed by atoms with van der Waals surface area (Å²) in [7, 11) is 0. The second-order valence-electron chi connectivity index (χ2n) is 5.52. The summed E-state index contributed by atoms with van der Waals surface area (Å²) in [6.45, 7) is 6.77. The molecule has 17 heavy (non-hydrogen) atoms. The largest absolute Gasteiger partial charge is 0.398 e. The Bertz CT molecular complexity index is 356. The Kier molecular flexibility index (Phi) is 4.06. The number of nitrogens with two attached hydrogens (primary N) is 1. The van der Waals surface area contributed by atoms with Crippen LogP contribution >= 0.6 is 0 Å². The van der Waals surface area contributed by atoms with Crippen LogP contribution in [0.3, 0.4) is 0 Å². The summed E-state index contributed by atoms with van der Waals surface area (Å²) in [5.74, 6) is 0.919. The van der Waals surface area contributed by atoms with Crippen molar-refractivity contribution in [1.29, 1.82) is 0 Å². The molecule has 0 amide bonds. The van der Waals surface area contributed by atoms with Crippen LogP contribution in [0.2, 0.25) is 0 Å². The molecular formula is C15H24N2. The van der Waals surface area contributed by atoms with E-state index in [1.165, 1.54) is 31.4 Å². The van der Waals surface area contributed by atoms with E-state index < -0.39 is 0 Å². The van der Waals surface area contributed by atoms with Crippen molar-refractivity contribution in [2.75, 3.05) is 12.3 Å². The van der Waals surface area contributed by atoms with Crippen LogP contribution in [0.5, 0.6) is 0 Å². The van der Waals surface area contributed by atoms with Gasteiger partial charge in [0.2, 0.25) is 0 Å². The Labute approximate surface area is 105 Å². The summed E-state index contributed by atoms with van der Waals surface area (Å²) in [4.78, 5) is 2.55. The molecule has 0 spiro atoms. The zero-order valence-electron chi connectivity index (χ0n) is 11.0. The number of nitrogens with zero attached hydrogens (tertiary/aromatic N) is 1. The smallest absolute Gasteiger partial charge is 0.0359 e. The lowest BCUT2D eigenvalue weighted by Gasteiger charge is -2.35. The molecular weight excluding hydrogens is 208 g/mol. The van der Waals surface area contributed by atoms with Crippen LogP contribution < -0.4 is 5.73 Å². The van der Waals surface area contributed by atoms with E-state index in [0.29, 0.717) is 6.04 Å². The average molecular weight is 232 g/mol. The third-order valence-electron chi connectivity index (χ3n) is 3.88. The third-order valence-corrected chi connectivity index (χ3v) is 3.88. The number of rotatable bonds is 5. The molecule has 0 atom stereocenters. The van der Waals surface area contributed by atoms with Gasteiger partial charge in [-0.05, 0) is 44.2 Å². The third kappa shape index (κ3) is 3.22. The Morgan fingerprint density at radius 3 is 2.53 bits per heavy atom. The number of anilines is 1. The van der Waals surface area contributed by atoms with Crippen molar-refractivity contribution in [3.05, 3.63) is 29.8 Å². The van der Waals surface area contributed by atoms with E-state index in [2.05, 4.69) is 30.9 Å². The van der Waals surface area contributed by atoms with Gasteiger partial charge in [0, 0.05) is 24.8 Å². The Hall–Kier alpha value is -1.02. The van der Waals surface area contributed by atoms with Gasteiger partial charge in [-0.25, -0.2) is 0 Å². The van der Waals surface area contributed by atoms with Gasteiger partial charge in [0.05, 0.1) is 0 Å². The highest BCUT2D eigenvalue weighted by Crippen LogP contribution is 2.28. The normalized spacial score (nSPS) is 16.5. The molecule has 1 aliphatic carbocycles. The van der Waals surface area contributed by atoms with Crippen molar-refractivity contribution in [3.8, 4) is 0 Å². The molecule has 0 saturated heterocycles. The fourth-order valence-corrected chi connectivity index (χ4v) is 2.36. The van der Waals surface area contributed by atoms with Crippen molar-refractivity contribution in [2.24, 2.45) is 5.92 Å². The van der Waals surface area contributed by atoms with E-state index in [4.69, 9.17) is 5.73 Å². The fourth-order valence-electron chi connectivity index (χ4n) is 2.36. The van der Waals surface area contributed by atoms with Crippen LogP contribution in [0.4, 0.5) is 5.69 Å². The SMILES string of the molecule is CC(C)N(Cc1ccccc1N)CC1CCC1. The minimum Gasteiger partial charge on any atom is -0.398 e. The first-order valence-corrected chi connectivity index (χ1v) is 6.74. The maximum absolute atomic E-state index is 6.02. The molecule has 1 aromatic carbocycles. The Balaban J connectivity index is 1.99. The van der Waals surface area contributed by atoms with Crippen LogP contribution in [0.25, 0.3) is 0 Å². The quantitative estimate of drug-likeness (QED) is 0.789.